The van der Waals surface area contributed by atoms with E-state index in [0.29, 0.717) is 33.2 Å². The molecule has 0 atom stereocenters. The lowest BCUT2D eigenvalue weighted by atomic mass is 10.1. The molecule has 36 heavy (non-hydrogen) atoms. The second-order valence-electron chi connectivity index (χ2n) is 7.23. The fourth-order valence-corrected chi connectivity index (χ4v) is 4.05. The van der Waals surface area contributed by atoms with E-state index in [1.807, 2.05) is 6.07 Å². The molecule has 0 saturated carbocycles. The number of ether oxygens (including phenoxy) is 2. The maximum atomic E-state index is 12.0. The number of benzene rings is 3. The number of nitrogens with zero attached hydrogens (tertiary/aromatic N) is 3. The van der Waals surface area contributed by atoms with Gasteiger partial charge in [-0.05, 0) is 48.2 Å². The number of hydrogen-bond acceptors (Lipinski definition) is 8. The molecular weight excluding hydrogens is 502 g/mol. The Balaban J connectivity index is 1.58. The van der Waals surface area contributed by atoms with Crippen molar-refractivity contribution in [2.75, 3.05) is 7.11 Å². The van der Waals surface area contributed by atoms with E-state index in [0.717, 1.165) is 17.3 Å². The van der Waals surface area contributed by atoms with Gasteiger partial charge in [0.15, 0.2) is 0 Å². The van der Waals surface area contributed by atoms with Crippen LogP contribution in [0.2, 0.25) is 5.02 Å². The topological polar surface area (TPSA) is 118 Å². The minimum absolute atomic E-state index is 0.0297. The van der Waals surface area contributed by atoms with Crippen molar-refractivity contribution in [3.05, 3.63) is 93.3 Å². The third kappa shape index (κ3) is 5.86. The summed E-state index contributed by atoms with van der Waals surface area (Å²) in [5.41, 5.74) is 2.26. The van der Waals surface area contributed by atoms with Crippen molar-refractivity contribution in [3.63, 3.8) is 0 Å². The monoisotopic (exact) mass is 519 g/mol. The number of hydrogen-bond donors (Lipinski definition) is 1. The Bertz CT molecular complexity index is 1480. The van der Waals surface area contributed by atoms with Gasteiger partial charge in [-0.25, -0.2) is 4.79 Å². The maximum Gasteiger partial charge on any atom is 0.342 e. The highest BCUT2D eigenvalue weighted by atomic mass is 35.5. The van der Waals surface area contributed by atoms with E-state index in [1.54, 1.807) is 60.7 Å². The van der Waals surface area contributed by atoms with Crippen molar-refractivity contribution in [1.29, 1.82) is 5.26 Å². The van der Waals surface area contributed by atoms with Gasteiger partial charge in [-0.2, -0.15) is 5.26 Å². The number of rotatable bonds is 9. The predicted octanol–water partition coefficient (Wildman–Crippen LogP) is 6.07. The van der Waals surface area contributed by atoms with Crippen LogP contribution < -0.4 is 9.47 Å². The first-order chi connectivity index (χ1) is 17.5. The number of nitriles is 1. The van der Waals surface area contributed by atoms with Gasteiger partial charge >= 0.3 is 5.97 Å². The van der Waals surface area contributed by atoms with Gasteiger partial charge in [0.1, 0.15) is 23.0 Å². The second kappa shape index (κ2) is 11.4. The normalized spacial score (nSPS) is 11.1. The van der Waals surface area contributed by atoms with Crippen LogP contribution in [0, 0.1) is 11.3 Å². The van der Waals surface area contributed by atoms with Crippen LogP contribution in [0.1, 0.15) is 16.7 Å². The molecule has 0 saturated heterocycles. The number of carboxylic acid groups (broad SMARTS) is 1. The average Bonchev–Trinajstić information content (AvgIpc) is 3.36. The van der Waals surface area contributed by atoms with Gasteiger partial charge in [0, 0.05) is 16.1 Å². The molecule has 0 spiro atoms. The largest absolute Gasteiger partial charge is 0.496 e. The Morgan fingerprint density at radius 3 is 2.69 bits per heavy atom. The van der Waals surface area contributed by atoms with E-state index in [-0.39, 0.29) is 22.6 Å². The number of methoxy groups -OCH3 is 1. The second-order valence-corrected chi connectivity index (χ2v) is 8.66. The molecule has 4 rings (SSSR count). The molecule has 1 heterocycles. The summed E-state index contributed by atoms with van der Waals surface area (Å²) in [7, 11) is 1.50. The molecule has 0 aliphatic carbocycles. The highest BCUT2D eigenvalue weighted by molar-refractivity contribution is 8.03. The van der Waals surface area contributed by atoms with E-state index < -0.39 is 5.97 Å². The Morgan fingerprint density at radius 1 is 1.14 bits per heavy atom. The zero-order valence-corrected chi connectivity index (χ0v) is 20.4. The minimum atomic E-state index is -1.18. The SMILES string of the molecule is COc1ccc(Cl)cc1-c1nnc(S/C(=C\c2ccccc2OCc2ccccc2C#N)C(=O)O)o1. The van der Waals surface area contributed by atoms with Crippen molar-refractivity contribution < 1.29 is 23.8 Å². The van der Waals surface area contributed by atoms with Crippen molar-refractivity contribution in [1.82, 2.24) is 10.2 Å². The lowest BCUT2D eigenvalue weighted by Crippen LogP contribution is -2.00. The van der Waals surface area contributed by atoms with Crippen LogP contribution in [0.15, 0.2) is 81.3 Å². The molecule has 10 heteroatoms. The summed E-state index contributed by atoms with van der Waals surface area (Å²) in [5.74, 6) is -0.0941. The molecule has 0 aliphatic heterocycles. The van der Waals surface area contributed by atoms with Gasteiger partial charge in [-0.15, -0.1) is 10.2 Å². The Hall–Kier alpha value is -4.26. The quantitative estimate of drug-likeness (QED) is 0.207. The first-order valence-electron chi connectivity index (χ1n) is 10.5. The van der Waals surface area contributed by atoms with Gasteiger partial charge in [0.05, 0.1) is 24.3 Å². The van der Waals surface area contributed by atoms with Crippen LogP contribution in [0.25, 0.3) is 17.5 Å². The van der Waals surface area contributed by atoms with Crippen molar-refractivity contribution in [2.45, 2.75) is 11.8 Å². The summed E-state index contributed by atoms with van der Waals surface area (Å²) < 4.78 is 16.9. The molecule has 1 aromatic heterocycles. The van der Waals surface area contributed by atoms with E-state index in [1.165, 1.54) is 13.2 Å². The van der Waals surface area contributed by atoms with E-state index in [4.69, 9.17) is 25.5 Å². The standard InChI is InChI=1S/C26H18ClN3O5S/c1-33-22-11-10-19(27)13-20(22)24-29-30-26(35-24)36-23(25(31)32)12-16-6-4-5-9-21(16)34-15-18-8-3-2-7-17(18)14-28/h2-13H,15H2,1H3,(H,31,32)/b23-12-. The summed E-state index contributed by atoms with van der Waals surface area (Å²) in [6, 6.07) is 21.2. The molecular formula is C26H18ClN3O5S. The van der Waals surface area contributed by atoms with Crippen LogP contribution in [0.3, 0.4) is 0 Å². The number of thioether (sulfide) groups is 1. The molecule has 0 fully saturated rings. The lowest BCUT2D eigenvalue weighted by Gasteiger charge is -2.11. The van der Waals surface area contributed by atoms with E-state index in [9.17, 15) is 15.2 Å². The molecule has 0 aliphatic rings. The first-order valence-corrected chi connectivity index (χ1v) is 11.7. The van der Waals surface area contributed by atoms with Crippen LogP contribution >= 0.6 is 23.4 Å². The minimum Gasteiger partial charge on any atom is -0.496 e. The summed E-state index contributed by atoms with van der Waals surface area (Å²) in [4.78, 5) is 12.0. The van der Waals surface area contributed by atoms with Gasteiger partial charge in [-0.3, -0.25) is 0 Å². The Labute approximate surface area is 215 Å². The molecule has 0 radical (unpaired) electrons. The third-order valence-corrected chi connectivity index (χ3v) is 6.02. The molecule has 0 amide bonds. The van der Waals surface area contributed by atoms with Crippen molar-refractivity contribution in [3.8, 4) is 29.0 Å². The van der Waals surface area contributed by atoms with E-state index >= 15 is 0 Å². The maximum absolute atomic E-state index is 12.0. The number of carboxylic acids is 1. The average molecular weight is 520 g/mol. The summed E-state index contributed by atoms with van der Waals surface area (Å²) in [6.45, 7) is 0.151. The van der Waals surface area contributed by atoms with Crippen LogP contribution in [0.4, 0.5) is 0 Å². The molecule has 1 N–H and O–H groups in total. The number of carbonyl (C=O) groups is 1. The molecule has 8 nitrogen and oxygen atoms in total. The Morgan fingerprint density at radius 2 is 1.92 bits per heavy atom. The zero-order chi connectivity index (χ0) is 25.5. The molecule has 4 aromatic rings. The number of aliphatic carboxylic acids is 1. The van der Waals surface area contributed by atoms with E-state index in [2.05, 4.69) is 16.3 Å². The number of para-hydroxylation sites is 1. The fourth-order valence-electron chi connectivity index (χ4n) is 3.22. The van der Waals surface area contributed by atoms with Gasteiger partial charge in [-0.1, -0.05) is 48.0 Å². The highest BCUT2D eigenvalue weighted by Gasteiger charge is 2.19. The first kappa shape index (κ1) is 24.9. The van der Waals surface area contributed by atoms with Gasteiger partial charge < -0.3 is 19.0 Å². The molecule has 180 valence electrons. The summed E-state index contributed by atoms with van der Waals surface area (Å²) >= 11 is 6.88. The summed E-state index contributed by atoms with van der Waals surface area (Å²) in [6.07, 6.45) is 1.46. The predicted molar refractivity (Wildman–Crippen MR) is 135 cm³/mol. The fraction of sp³-hybridized carbons (Fsp3) is 0.0769. The van der Waals surface area contributed by atoms with Gasteiger partial charge in [0.2, 0.25) is 0 Å². The van der Waals surface area contributed by atoms with Crippen LogP contribution in [-0.4, -0.2) is 28.4 Å². The summed E-state index contributed by atoms with van der Waals surface area (Å²) in [5, 5.41) is 27.6. The third-order valence-electron chi connectivity index (χ3n) is 4.93. The molecule has 0 unspecified atom stereocenters. The number of aromatic nitrogens is 2. The highest BCUT2D eigenvalue weighted by Crippen LogP contribution is 2.35. The smallest absolute Gasteiger partial charge is 0.342 e. The molecule has 0 bridgehead atoms. The zero-order valence-electron chi connectivity index (χ0n) is 18.8. The number of halogens is 1. The lowest BCUT2D eigenvalue weighted by molar-refractivity contribution is -0.131. The molecule has 3 aromatic carbocycles. The van der Waals surface area contributed by atoms with Crippen molar-refractivity contribution in [2.24, 2.45) is 0 Å². The van der Waals surface area contributed by atoms with Crippen molar-refractivity contribution >= 4 is 35.4 Å². The van der Waals surface area contributed by atoms with Gasteiger partial charge in [0.25, 0.3) is 11.1 Å². The Kier molecular flexibility index (Phi) is 7.90. The van der Waals surface area contributed by atoms with Crippen LogP contribution in [0.5, 0.6) is 11.5 Å². The van der Waals surface area contributed by atoms with Crippen LogP contribution in [-0.2, 0) is 11.4 Å².